The summed E-state index contributed by atoms with van der Waals surface area (Å²) >= 11 is 0. The third-order valence-electron chi connectivity index (χ3n) is 2.30. The minimum Gasteiger partial charge on any atom is -1.00 e. The summed E-state index contributed by atoms with van der Waals surface area (Å²) in [4.78, 5) is 17.2. The van der Waals surface area contributed by atoms with Crippen LogP contribution in [0.25, 0.3) is 0 Å². The van der Waals surface area contributed by atoms with E-state index in [2.05, 4.69) is 6.92 Å². The molecule has 15 heavy (non-hydrogen) atoms. The summed E-state index contributed by atoms with van der Waals surface area (Å²) in [6.45, 7) is 2.19. The third kappa shape index (κ3) is 17.5. The Labute approximate surface area is 112 Å². The Morgan fingerprint density at radius 1 is 0.933 bits per heavy atom. The van der Waals surface area contributed by atoms with E-state index in [-0.39, 0.29) is 32.1 Å². The molecule has 0 aliphatic heterocycles. The van der Waals surface area contributed by atoms with Gasteiger partial charge in [0, 0.05) is 6.16 Å². The van der Waals surface area contributed by atoms with Crippen LogP contribution in [0.15, 0.2) is 0 Å². The first-order valence-corrected chi connectivity index (χ1v) is 7.40. The predicted molar refractivity (Wildman–Crippen MR) is 67.5 cm³/mol. The Kier molecular flexibility index (Phi) is 13.9. The van der Waals surface area contributed by atoms with Gasteiger partial charge in [-0.3, -0.25) is 4.57 Å². The van der Waals surface area contributed by atoms with Crippen molar-refractivity contribution in [2.75, 3.05) is 6.16 Å². The van der Waals surface area contributed by atoms with Gasteiger partial charge >= 0.3 is 30.6 Å². The maximum atomic E-state index is 10.5. The Morgan fingerprint density at radius 3 is 1.73 bits per heavy atom. The van der Waals surface area contributed by atoms with Crippen molar-refractivity contribution in [1.29, 1.82) is 0 Å². The summed E-state index contributed by atoms with van der Waals surface area (Å²) < 4.78 is 10.5. The third-order valence-corrected chi connectivity index (χ3v) is 3.20. The normalized spacial score (nSPS) is 11.1. The molecule has 2 N–H and O–H groups in total. The predicted octanol–water partition coefficient (Wildman–Crippen LogP) is 3.15. The minimum absolute atomic E-state index is 0. The smallest absolute Gasteiger partial charge is 1.00 e. The fraction of sp³-hybridized carbons (Fsp3) is 1.00. The van der Waals surface area contributed by atoms with Crippen molar-refractivity contribution in [2.45, 2.75) is 58.3 Å². The van der Waals surface area contributed by atoms with Crippen molar-refractivity contribution in [2.24, 2.45) is 0 Å². The molecule has 0 aliphatic rings. The van der Waals surface area contributed by atoms with E-state index in [0.29, 0.717) is 6.42 Å². The van der Waals surface area contributed by atoms with E-state index in [9.17, 15) is 4.57 Å². The van der Waals surface area contributed by atoms with E-state index in [1.165, 1.54) is 32.1 Å². The molecule has 90 valence electrons. The summed E-state index contributed by atoms with van der Waals surface area (Å²) in [5.74, 6) is 0. The second-order valence-electron chi connectivity index (χ2n) is 3.86. The first-order chi connectivity index (χ1) is 6.56. The SMILES string of the molecule is CCCCCCCCCCP(=O)(O)O.[H-].[H-].[Mg+2]. The van der Waals surface area contributed by atoms with Gasteiger partial charge in [-0.2, -0.15) is 0 Å². The molecule has 3 nitrogen and oxygen atoms in total. The van der Waals surface area contributed by atoms with Crippen LogP contribution in [0.4, 0.5) is 0 Å². The van der Waals surface area contributed by atoms with Crippen molar-refractivity contribution in [3.8, 4) is 0 Å². The van der Waals surface area contributed by atoms with Gasteiger partial charge in [0.1, 0.15) is 0 Å². The molecule has 0 unspecified atom stereocenters. The van der Waals surface area contributed by atoms with Crippen LogP contribution in [-0.2, 0) is 4.57 Å². The van der Waals surface area contributed by atoms with Crippen LogP contribution >= 0.6 is 7.60 Å². The summed E-state index contributed by atoms with van der Waals surface area (Å²) in [5.41, 5.74) is 0. The van der Waals surface area contributed by atoms with Crippen molar-refractivity contribution in [3.05, 3.63) is 0 Å². The Bertz CT molecular complexity index is 179. The molecule has 0 rings (SSSR count). The van der Waals surface area contributed by atoms with E-state index in [1.54, 1.807) is 0 Å². The van der Waals surface area contributed by atoms with Crippen molar-refractivity contribution in [1.82, 2.24) is 0 Å². The maximum absolute atomic E-state index is 10.5. The molecule has 0 saturated carbocycles. The quantitative estimate of drug-likeness (QED) is 0.374. The van der Waals surface area contributed by atoms with Gasteiger partial charge in [0.2, 0.25) is 0 Å². The molecule has 0 saturated heterocycles. The summed E-state index contributed by atoms with van der Waals surface area (Å²) in [6, 6.07) is 0. The van der Waals surface area contributed by atoms with Gasteiger partial charge in [-0.25, -0.2) is 0 Å². The molecular formula is C10H25MgO3P. The zero-order valence-electron chi connectivity index (χ0n) is 11.8. The summed E-state index contributed by atoms with van der Waals surface area (Å²) in [7, 11) is -3.73. The molecule has 0 aliphatic carbocycles. The zero-order chi connectivity index (χ0) is 10.9. The monoisotopic (exact) mass is 248 g/mol. The average Bonchev–Trinajstić information content (AvgIpc) is 2.08. The minimum atomic E-state index is -3.73. The van der Waals surface area contributed by atoms with Crippen molar-refractivity contribution in [3.63, 3.8) is 0 Å². The van der Waals surface area contributed by atoms with Crippen LogP contribution < -0.4 is 0 Å². The summed E-state index contributed by atoms with van der Waals surface area (Å²) in [6.07, 6.45) is 9.14. The van der Waals surface area contributed by atoms with Gasteiger partial charge in [-0.1, -0.05) is 51.9 Å². The van der Waals surface area contributed by atoms with Gasteiger partial charge < -0.3 is 12.6 Å². The molecule has 0 radical (unpaired) electrons. The molecule has 5 heteroatoms. The van der Waals surface area contributed by atoms with Crippen LogP contribution in [0.2, 0.25) is 0 Å². The standard InChI is InChI=1S/C10H23O3P.Mg.2H/c1-2-3-4-5-6-7-8-9-10-14(11,12)13;;;/h2-10H2,1H3,(H2,11,12,13);;;/q;+2;2*-1. The first kappa shape index (κ1) is 18.3. The van der Waals surface area contributed by atoms with Crippen molar-refractivity contribution >= 4 is 30.6 Å². The van der Waals surface area contributed by atoms with Gasteiger partial charge in [-0.15, -0.1) is 0 Å². The van der Waals surface area contributed by atoms with E-state index >= 15 is 0 Å². The Hall–Kier alpha value is 0.916. The second kappa shape index (κ2) is 11.4. The fourth-order valence-electron chi connectivity index (χ4n) is 1.45. The first-order valence-electron chi connectivity index (χ1n) is 5.61. The number of rotatable bonds is 9. The van der Waals surface area contributed by atoms with E-state index in [1.807, 2.05) is 0 Å². The maximum Gasteiger partial charge on any atom is 2.00 e. The van der Waals surface area contributed by atoms with Crippen LogP contribution in [0.5, 0.6) is 0 Å². The zero-order valence-corrected chi connectivity index (χ0v) is 12.1. The van der Waals surface area contributed by atoms with Gasteiger partial charge in [0.25, 0.3) is 0 Å². The van der Waals surface area contributed by atoms with Crippen molar-refractivity contribution < 1.29 is 17.2 Å². The summed E-state index contributed by atoms with van der Waals surface area (Å²) in [5, 5.41) is 0. The number of unbranched alkanes of at least 4 members (excludes halogenated alkanes) is 7. The molecule has 0 aromatic heterocycles. The molecule has 0 fully saturated rings. The number of hydrogen-bond acceptors (Lipinski definition) is 1. The topological polar surface area (TPSA) is 57.5 Å². The van der Waals surface area contributed by atoms with E-state index in [4.69, 9.17) is 9.79 Å². The molecule has 0 spiro atoms. The Morgan fingerprint density at radius 2 is 1.33 bits per heavy atom. The largest absolute Gasteiger partial charge is 2.00 e. The molecule has 0 amide bonds. The molecule has 0 heterocycles. The van der Waals surface area contributed by atoms with Gasteiger partial charge in [0.15, 0.2) is 0 Å². The van der Waals surface area contributed by atoms with Gasteiger partial charge in [-0.05, 0) is 6.42 Å². The van der Waals surface area contributed by atoms with Crippen LogP contribution in [0, 0.1) is 0 Å². The van der Waals surface area contributed by atoms with Crippen LogP contribution in [-0.4, -0.2) is 39.0 Å². The molecule has 0 atom stereocenters. The molecule has 0 bridgehead atoms. The van der Waals surface area contributed by atoms with Gasteiger partial charge in [0.05, 0.1) is 0 Å². The average molecular weight is 249 g/mol. The molecule has 0 aromatic carbocycles. The number of hydrogen-bond donors (Lipinski definition) is 2. The van der Waals surface area contributed by atoms with Crippen LogP contribution in [0.1, 0.15) is 61.1 Å². The fourth-order valence-corrected chi connectivity index (χ4v) is 2.09. The second-order valence-corrected chi connectivity index (χ2v) is 5.64. The Balaban J connectivity index is -0.000000282. The molecular weight excluding hydrogens is 223 g/mol. The van der Waals surface area contributed by atoms with Crippen LogP contribution in [0.3, 0.4) is 0 Å². The van der Waals surface area contributed by atoms with E-state index in [0.717, 1.165) is 12.8 Å². The molecule has 0 aromatic rings. The van der Waals surface area contributed by atoms with E-state index < -0.39 is 7.60 Å².